The van der Waals surface area contributed by atoms with E-state index < -0.39 is 0 Å². The first-order valence-electron chi connectivity index (χ1n) is 8.54. The van der Waals surface area contributed by atoms with Gasteiger partial charge < -0.3 is 9.47 Å². The van der Waals surface area contributed by atoms with Gasteiger partial charge in [0.2, 0.25) is 5.91 Å². The van der Waals surface area contributed by atoms with Gasteiger partial charge in [-0.2, -0.15) is 0 Å². The van der Waals surface area contributed by atoms with Crippen molar-refractivity contribution in [1.29, 1.82) is 0 Å². The smallest absolute Gasteiger partial charge is 0.329 e. The molecule has 1 aromatic carbocycles. The van der Waals surface area contributed by atoms with Crippen LogP contribution in [0.5, 0.6) is 0 Å². The van der Waals surface area contributed by atoms with E-state index in [4.69, 9.17) is 0 Å². The van der Waals surface area contributed by atoms with E-state index in [1.165, 1.54) is 0 Å². The van der Waals surface area contributed by atoms with Crippen molar-refractivity contribution >= 4 is 16.9 Å². The molecule has 0 N–H and O–H groups in total. The fourth-order valence-electron chi connectivity index (χ4n) is 3.66. The van der Waals surface area contributed by atoms with Crippen molar-refractivity contribution in [3.8, 4) is 0 Å². The molecular weight excluding hydrogens is 318 g/mol. The van der Waals surface area contributed by atoms with Gasteiger partial charge in [-0.3, -0.25) is 13.9 Å². The summed E-state index contributed by atoms with van der Waals surface area (Å²) < 4.78 is 5.22. The average molecular weight is 339 g/mol. The number of hydrogen-bond acceptors (Lipinski definition) is 3. The number of piperidine rings is 1. The van der Waals surface area contributed by atoms with E-state index in [2.05, 4.69) is 9.55 Å². The zero-order valence-corrected chi connectivity index (χ0v) is 14.2. The third-order valence-electron chi connectivity index (χ3n) is 5.04. The molecule has 3 heterocycles. The summed E-state index contributed by atoms with van der Waals surface area (Å²) in [6.07, 6.45) is 7.49. The highest BCUT2D eigenvalue weighted by atomic mass is 16.2. The van der Waals surface area contributed by atoms with Crippen molar-refractivity contribution in [3.05, 3.63) is 53.5 Å². The number of rotatable bonds is 3. The van der Waals surface area contributed by atoms with Gasteiger partial charge in [-0.25, -0.2) is 9.78 Å². The van der Waals surface area contributed by atoms with E-state index in [-0.39, 0.29) is 24.2 Å². The van der Waals surface area contributed by atoms with Crippen LogP contribution in [0, 0.1) is 0 Å². The van der Waals surface area contributed by atoms with Crippen LogP contribution < -0.4 is 5.69 Å². The Balaban J connectivity index is 1.56. The maximum absolute atomic E-state index is 12.8. The number of carbonyl (C=O) groups excluding carboxylic acids is 1. The Bertz CT molecular complexity index is 954. The second-order valence-corrected chi connectivity index (χ2v) is 6.56. The minimum absolute atomic E-state index is 0.0109. The molecule has 0 aliphatic carbocycles. The standard InChI is InChI=1S/C18H21N5O2/c1-20-15-6-2-3-7-16(15)23(18(20)25)12-17(24)21-9-4-5-14(11-21)22-10-8-19-13-22/h2-3,6-8,10,13-14H,4-5,9,11-12H2,1H3. The molecule has 0 radical (unpaired) electrons. The lowest BCUT2D eigenvalue weighted by Crippen LogP contribution is -2.43. The second kappa shape index (κ2) is 6.23. The summed E-state index contributed by atoms with van der Waals surface area (Å²) in [5.74, 6) is -0.0109. The molecule has 7 nitrogen and oxygen atoms in total. The van der Waals surface area contributed by atoms with E-state index in [0.717, 1.165) is 30.4 Å². The number of aromatic nitrogens is 4. The Morgan fingerprint density at radius 1 is 1.28 bits per heavy atom. The van der Waals surface area contributed by atoms with Gasteiger partial charge in [0, 0.05) is 32.5 Å². The lowest BCUT2D eigenvalue weighted by molar-refractivity contribution is -0.133. The van der Waals surface area contributed by atoms with Crippen LogP contribution in [-0.4, -0.2) is 42.6 Å². The minimum Gasteiger partial charge on any atom is -0.339 e. The maximum atomic E-state index is 12.8. The summed E-state index contributed by atoms with van der Waals surface area (Å²) in [7, 11) is 1.74. The molecule has 0 spiro atoms. The first-order chi connectivity index (χ1) is 12.1. The molecule has 1 amide bonds. The van der Waals surface area contributed by atoms with Crippen LogP contribution in [-0.2, 0) is 18.4 Å². The van der Waals surface area contributed by atoms with Crippen LogP contribution in [0.2, 0.25) is 0 Å². The fraction of sp³-hybridized carbons (Fsp3) is 0.389. The minimum atomic E-state index is -0.155. The summed E-state index contributed by atoms with van der Waals surface area (Å²) >= 11 is 0. The predicted octanol–water partition coefficient (Wildman–Crippen LogP) is 1.40. The molecule has 3 aromatic rings. The molecule has 1 unspecified atom stereocenters. The molecule has 0 bridgehead atoms. The molecule has 1 atom stereocenters. The van der Waals surface area contributed by atoms with E-state index in [0.29, 0.717) is 6.54 Å². The van der Waals surface area contributed by atoms with E-state index in [1.807, 2.05) is 35.4 Å². The topological polar surface area (TPSA) is 65.1 Å². The molecule has 2 aromatic heterocycles. The first kappa shape index (κ1) is 15.7. The van der Waals surface area contributed by atoms with Crippen molar-refractivity contribution in [2.45, 2.75) is 25.4 Å². The Hall–Kier alpha value is -2.83. The number of fused-ring (bicyclic) bond motifs is 1. The molecule has 1 fully saturated rings. The third-order valence-corrected chi connectivity index (χ3v) is 5.04. The van der Waals surface area contributed by atoms with Gasteiger partial charge in [-0.15, -0.1) is 0 Å². The van der Waals surface area contributed by atoms with Gasteiger partial charge in [0.25, 0.3) is 0 Å². The monoisotopic (exact) mass is 339 g/mol. The number of likely N-dealkylation sites (tertiary alicyclic amines) is 1. The summed E-state index contributed by atoms with van der Waals surface area (Å²) in [4.78, 5) is 31.3. The maximum Gasteiger partial charge on any atom is 0.329 e. The second-order valence-electron chi connectivity index (χ2n) is 6.56. The highest BCUT2D eigenvalue weighted by molar-refractivity contribution is 5.81. The zero-order chi connectivity index (χ0) is 17.4. The third kappa shape index (κ3) is 2.75. The molecule has 0 saturated carbocycles. The molecule has 130 valence electrons. The Morgan fingerprint density at radius 3 is 2.84 bits per heavy atom. The summed E-state index contributed by atoms with van der Waals surface area (Å²) in [5.41, 5.74) is 1.49. The quantitative estimate of drug-likeness (QED) is 0.724. The first-order valence-corrected chi connectivity index (χ1v) is 8.54. The number of hydrogen-bond donors (Lipinski definition) is 0. The number of para-hydroxylation sites is 2. The lowest BCUT2D eigenvalue weighted by atomic mass is 10.1. The van der Waals surface area contributed by atoms with Crippen LogP contribution in [0.25, 0.3) is 11.0 Å². The number of imidazole rings is 2. The predicted molar refractivity (Wildman–Crippen MR) is 94.3 cm³/mol. The average Bonchev–Trinajstić information content (AvgIpc) is 3.26. The van der Waals surface area contributed by atoms with Gasteiger partial charge in [0.1, 0.15) is 6.54 Å². The van der Waals surface area contributed by atoms with Crippen LogP contribution in [0.4, 0.5) is 0 Å². The van der Waals surface area contributed by atoms with E-state index >= 15 is 0 Å². The number of aryl methyl sites for hydroxylation is 1. The van der Waals surface area contributed by atoms with Gasteiger partial charge in [-0.05, 0) is 25.0 Å². The highest BCUT2D eigenvalue weighted by Gasteiger charge is 2.25. The highest BCUT2D eigenvalue weighted by Crippen LogP contribution is 2.21. The van der Waals surface area contributed by atoms with Crippen LogP contribution in [0.1, 0.15) is 18.9 Å². The molecule has 1 saturated heterocycles. The van der Waals surface area contributed by atoms with Crippen LogP contribution >= 0.6 is 0 Å². The van der Waals surface area contributed by atoms with Gasteiger partial charge in [0.15, 0.2) is 0 Å². The van der Waals surface area contributed by atoms with Crippen molar-refractivity contribution in [1.82, 2.24) is 23.6 Å². The summed E-state index contributed by atoms with van der Waals surface area (Å²) in [5, 5.41) is 0. The summed E-state index contributed by atoms with van der Waals surface area (Å²) in [6, 6.07) is 7.82. The zero-order valence-electron chi connectivity index (χ0n) is 14.2. The molecule has 1 aliphatic rings. The Morgan fingerprint density at radius 2 is 2.08 bits per heavy atom. The number of nitrogens with zero attached hydrogens (tertiary/aromatic N) is 5. The fourth-order valence-corrected chi connectivity index (χ4v) is 3.66. The van der Waals surface area contributed by atoms with Gasteiger partial charge in [0.05, 0.1) is 23.4 Å². The van der Waals surface area contributed by atoms with E-state index in [9.17, 15) is 9.59 Å². The van der Waals surface area contributed by atoms with Crippen LogP contribution in [0.3, 0.4) is 0 Å². The number of carbonyl (C=O) groups is 1. The molecule has 7 heteroatoms. The Labute approximate surface area is 145 Å². The van der Waals surface area contributed by atoms with Crippen LogP contribution in [0.15, 0.2) is 47.8 Å². The van der Waals surface area contributed by atoms with Gasteiger partial charge in [-0.1, -0.05) is 12.1 Å². The molecule has 25 heavy (non-hydrogen) atoms. The lowest BCUT2D eigenvalue weighted by Gasteiger charge is -2.33. The van der Waals surface area contributed by atoms with Crippen molar-refractivity contribution < 1.29 is 4.79 Å². The van der Waals surface area contributed by atoms with Crippen molar-refractivity contribution in [2.24, 2.45) is 7.05 Å². The summed E-state index contributed by atoms with van der Waals surface area (Å²) in [6.45, 7) is 1.48. The van der Waals surface area contributed by atoms with Crippen molar-refractivity contribution in [3.63, 3.8) is 0 Å². The molecule has 4 rings (SSSR count). The largest absolute Gasteiger partial charge is 0.339 e. The molecule has 1 aliphatic heterocycles. The van der Waals surface area contributed by atoms with E-state index in [1.54, 1.807) is 28.7 Å². The number of amides is 1. The Kier molecular flexibility index (Phi) is 3.91. The van der Waals surface area contributed by atoms with Gasteiger partial charge >= 0.3 is 5.69 Å². The normalized spacial score (nSPS) is 18.0. The molecular formula is C18H21N5O2. The van der Waals surface area contributed by atoms with Crippen molar-refractivity contribution in [2.75, 3.05) is 13.1 Å². The SMILES string of the molecule is Cn1c(=O)n(CC(=O)N2CCCC(n3ccnc3)C2)c2ccccc21. The number of benzene rings is 1.